The molecule has 3 heteroatoms. The summed E-state index contributed by atoms with van der Waals surface area (Å²) in [4.78, 5) is 10.3. The predicted octanol–water partition coefficient (Wildman–Crippen LogP) is 2.63. The zero-order valence-corrected chi connectivity index (χ0v) is 7.70. The van der Waals surface area contributed by atoms with Crippen LogP contribution in [0.5, 0.6) is 5.75 Å². The van der Waals surface area contributed by atoms with Crippen LogP contribution in [0.25, 0.3) is 0 Å². The molecular formula is C10H9ClO2. The Bertz CT molecular complexity index is 290. The molecule has 13 heavy (non-hydrogen) atoms. The number of hydrogen-bond donors (Lipinski definition) is 0. The maximum atomic E-state index is 10.3. The van der Waals surface area contributed by atoms with Gasteiger partial charge in [-0.2, -0.15) is 0 Å². The third-order valence-corrected chi connectivity index (χ3v) is 1.63. The first-order valence-corrected chi connectivity index (χ1v) is 4.23. The number of carbonyl (C=O) groups is 1. The van der Waals surface area contributed by atoms with Crippen molar-refractivity contribution in [2.75, 3.05) is 6.61 Å². The van der Waals surface area contributed by atoms with E-state index < -0.39 is 0 Å². The first-order chi connectivity index (χ1) is 6.36. The Morgan fingerprint density at radius 1 is 1.31 bits per heavy atom. The lowest BCUT2D eigenvalue weighted by Crippen LogP contribution is -1.92. The van der Waals surface area contributed by atoms with Gasteiger partial charge in [0.25, 0.3) is 0 Å². The fourth-order valence-electron chi connectivity index (χ4n) is 0.823. The molecule has 0 unspecified atom stereocenters. The summed E-state index contributed by atoms with van der Waals surface area (Å²) in [5.74, 6) is 0.723. The maximum Gasteiger partial charge on any atom is 0.150 e. The van der Waals surface area contributed by atoms with E-state index in [0.29, 0.717) is 12.2 Å². The van der Waals surface area contributed by atoms with Crippen molar-refractivity contribution in [3.63, 3.8) is 0 Å². The molecule has 0 aliphatic rings. The fourth-order valence-corrected chi connectivity index (χ4v) is 0.896. The van der Waals surface area contributed by atoms with Gasteiger partial charge in [0.1, 0.15) is 18.6 Å². The number of rotatable bonds is 4. The lowest BCUT2D eigenvalue weighted by atomic mass is 10.2. The smallest absolute Gasteiger partial charge is 0.150 e. The normalized spacial score (nSPS) is 10.2. The average Bonchev–Trinajstić information content (AvgIpc) is 2.19. The van der Waals surface area contributed by atoms with Gasteiger partial charge in [0.15, 0.2) is 0 Å². The Morgan fingerprint density at radius 2 is 2.00 bits per heavy atom. The molecule has 0 atom stereocenters. The molecule has 0 radical (unpaired) electrons. The van der Waals surface area contributed by atoms with Gasteiger partial charge in [0.2, 0.25) is 0 Å². The van der Waals surface area contributed by atoms with Crippen molar-refractivity contribution in [1.82, 2.24) is 0 Å². The van der Waals surface area contributed by atoms with Crippen LogP contribution < -0.4 is 4.74 Å². The molecule has 1 aromatic rings. The summed E-state index contributed by atoms with van der Waals surface area (Å²) >= 11 is 5.31. The second-order valence-corrected chi connectivity index (χ2v) is 2.61. The minimum Gasteiger partial charge on any atom is -0.490 e. The zero-order chi connectivity index (χ0) is 9.52. The van der Waals surface area contributed by atoms with Crippen LogP contribution in [0.15, 0.2) is 35.9 Å². The molecule has 0 fully saturated rings. The van der Waals surface area contributed by atoms with Gasteiger partial charge >= 0.3 is 0 Å². The van der Waals surface area contributed by atoms with Crippen LogP contribution >= 0.6 is 11.6 Å². The minimum atomic E-state index is 0.434. The standard InChI is InChI=1S/C10H9ClO2/c11-6-1-7-13-10-4-2-9(8-12)3-5-10/h1-6,8H,7H2/b6-1+. The van der Waals surface area contributed by atoms with Crippen molar-refractivity contribution < 1.29 is 9.53 Å². The molecule has 0 spiro atoms. The topological polar surface area (TPSA) is 26.3 Å². The van der Waals surface area contributed by atoms with Crippen LogP contribution in [0.3, 0.4) is 0 Å². The monoisotopic (exact) mass is 196 g/mol. The second kappa shape index (κ2) is 5.38. The molecule has 0 bridgehead atoms. The molecule has 1 aromatic carbocycles. The maximum absolute atomic E-state index is 10.3. The van der Waals surface area contributed by atoms with Crippen LogP contribution in [0.1, 0.15) is 10.4 Å². The molecule has 0 saturated carbocycles. The Balaban J connectivity index is 2.53. The lowest BCUT2D eigenvalue weighted by molar-refractivity contribution is 0.112. The van der Waals surface area contributed by atoms with Crippen LogP contribution in [-0.2, 0) is 0 Å². The quantitative estimate of drug-likeness (QED) is 0.692. The summed E-state index contributed by atoms with van der Waals surface area (Å²) in [5, 5.41) is 0. The highest BCUT2D eigenvalue weighted by Gasteiger charge is 1.91. The number of halogens is 1. The Hall–Kier alpha value is -1.28. The zero-order valence-electron chi connectivity index (χ0n) is 6.94. The van der Waals surface area contributed by atoms with Gasteiger partial charge in [-0.3, -0.25) is 4.79 Å². The van der Waals surface area contributed by atoms with Crippen molar-refractivity contribution in [2.45, 2.75) is 0 Å². The van der Waals surface area contributed by atoms with Crippen molar-refractivity contribution >= 4 is 17.9 Å². The fraction of sp³-hybridized carbons (Fsp3) is 0.100. The van der Waals surface area contributed by atoms with Crippen LogP contribution in [0.2, 0.25) is 0 Å². The summed E-state index contributed by atoms with van der Waals surface area (Å²) < 4.78 is 5.26. The van der Waals surface area contributed by atoms with Crippen molar-refractivity contribution in [1.29, 1.82) is 0 Å². The number of ether oxygens (including phenoxy) is 1. The molecule has 68 valence electrons. The molecule has 0 heterocycles. The van der Waals surface area contributed by atoms with E-state index in [9.17, 15) is 4.79 Å². The van der Waals surface area contributed by atoms with Crippen molar-refractivity contribution in [3.8, 4) is 5.75 Å². The van der Waals surface area contributed by atoms with E-state index in [4.69, 9.17) is 16.3 Å². The Morgan fingerprint density at radius 3 is 2.54 bits per heavy atom. The van der Waals surface area contributed by atoms with E-state index in [-0.39, 0.29) is 0 Å². The first kappa shape index (κ1) is 9.81. The highest BCUT2D eigenvalue weighted by atomic mass is 35.5. The summed E-state index contributed by atoms with van der Waals surface area (Å²) in [7, 11) is 0. The van der Waals surface area contributed by atoms with Crippen molar-refractivity contribution in [2.24, 2.45) is 0 Å². The minimum absolute atomic E-state index is 0.434. The van der Waals surface area contributed by atoms with Gasteiger partial charge in [-0.1, -0.05) is 11.6 Å². The number of aldehydes is 1. The van der Waals surface area contributed by atoms with Gasteiger partial charge in [-0.25, -0.2) is 0 Å². The number of benzene rings is 1. The summed E-state index contributed by atoms with van der Waals surface area (Å²) in [6.07, 6.45) is 2.48. The van der Waals surface area contributed by atoms with Gasteiger partial charge in [-0.15, -0.1) is 0 Å². The van der Waals surface area contributed by atoms with E-state index in [2.05, 4.69) is 0 Å². The Kier molecular flexibility index (Phi) is 4.06. The van der Waals surface area contributed by atoms with E-state index >= 15 is 0 Å². The molecule has 2 nitrogen and oxygen atoms in total. The summed E-state index contributed by atoms with van der Waals surface area (Å²) in [6, 6.07) is 6.89. The molecular weight excluding hydrogens is 188 g/mol. The van der Waals surface area contributed by atoms with E-state index in [1.807, 2.05) is 0 Å². The molecule has 0 aromatic heterocycles. The summed E-state index contributed by atoms with van der Waals surface area (Å²) in [6.45, 7) is 0.434. The highest BCUT2D eigenvalue weighted by Crippen LogP contribution is 2.10. The predicted molar refractivity (Wildman–Crippen MR) is 52.3 cm³/mol. The Labute approximate surface area is 81.8 Å². The van der Waals surface area contributed by atoms with E-state index in [1.54, 1.807) is 30.3 Å². The van der Waals surface area contributed by atoms with E-state index in [0.717, 1.165) is 12.0 Å². The van der Waals surface area contributed by atoms with Gasteiger partial charge in [0.05, 0.1) is 0 Å². The number of carbonyl (C=O) groups excluding carboxylic acids is 1. The third-order valence-electron chi connectivity index (χ3n) is 1.45. The van der Waals surface area contributed by atoms with Crippen LogP contribution in [0, 0.1) is 0 Å². The molecule has 0 amide bonds. The average molecular weight is 197 g/mol. The second-order valence-electron chi connectivity index (χ2n) is 2.36. The molecule has 0 aliphatic carbocycles. The first-order valence-electron chi connectivity index (χ1n) is 3.80. The van der Waals surface area contributed by atoms with Crippen molar-refractivity contribution in [3.05, 3.63) is 41.4 Å². The summed E-state index contributed by atoms with van der Waals surface area (Å²) in [5.41, 5.74) is 2.04. The van der Waals surface area contributed by atoms with Gasteiger partial charge in [0, 0.05) is 11.1 Å². The molecule has 0 aliphatic heterocycles. The molecule has 0 N–H and O–H groups in total. The SMILES string of the molecule is O=Cc1ccc(OC/C=C/Cl)cc1. The van der Waals surface area contributed by atoms with E-state index in [1.165, 1.54) is 5.54 Å². The van der Waals surface area contributed by atoms with Crippen LogP contribution in [-0.4, -0.2) is 12.9 Å². The molecule has 0 saturated heterocycles. The third kappa shape index (κ3) is 3.30. The highest BCUT2D eigenvalue weighted by molar-refractivity contribution is 6.25. The largest absolute Gasteiger partial charge is 0.490 e. The van der Waals surface area contributed by atoms with Gasteiger partial charge in [-0.05, 0) is 30.3 Å². The molecule has 1 rings (SSSR count). The van der Waals surface area contributed by atoms with Crippen LogP contribution in [0.4, 0.5) is 0 Å². The number of hydrogen-bond acceptors (Lipinski definition) is 2. The lowest BCUT2D eigenvalue weighted by Gasteiger charge is -2.01. The van der Waals surface area contributed by atoms with Gasteiger partial charge < -0.3 is 4.74 Å².